The molecular formula is C12H18FNO. The first-order chi connectivity index (χ1) is 7.33. The lowest BCUT2D eigenvalue weighted by Gasteiger charge is -2.04. The summed E-state index contributed by atoms with van der Waals surface area (Å²) in [6.07, 6.45) is 7.48. The zero-order valence-electron chi connectivity index (χ0n) is 9.21. The second-order valence-corrected chi connectivity index (χ2v) is 3.58. The summed E-state index contributed by atoms with van der Waals surface area (Å²) in [4.78, 5) is 3.52. The van der Waals surface area contributed by atoms with E-state index < -0.39 is 5.95 Å². The number of ether oxygens (including phenoxy) is 1. The molecule has 1 aromatic rings. The van der Waals surface area contributed by atoms with Crippen molar-refractivity contribution in [2.45, 2.75) is 39.0 Å². The van der Waals surface area contributed by atoms with E-state index in [1.807, 2.05) is 0 Å². The van der Waals surface area contributed by atoms with E-state index in [0.717, 1.165) is 6.42 Å². The van der Waals surface area contributed by atoms with Crippen molar-refractivity contribution >= 4 is 0 Å². The highest BCUT2D eigenvalue weighted by atomic mass is 19.1. The Hall–Kier alpha value is -1.12. The molecule has 84 valence electrons. The van der Waals surface area contributed by atoms with Gasteiger partial charge < -0.3 is 4.74 Å². The van der Waals surface area contributed by atoms with Crippen molar-refractivity contribution in [2.24, 2.45) is 0 Å². The zero-order valence-corrected chi connectivity index (χ0v) is 9.21. The molecule has 15 heavy (non-hydrogen) atoms. The molecule has 0 aliphatic carbocycles. The largest absolute Gasteiger partial charge is 0.492 e. The summed E-state index contributed by atoms with van der Waals surface area (Å²) in [6, 6.07) is 2.92. The molecule has 0 saturated carbocycles. The smallest absolute Gasteiger partial charge is 0.213 e. The highest BCUT2D eigenvalue weighted by Crippen LogP contribution is 2.09. The topological polar surface area (TPSA) is 22.1 Å². The van der Waals surface area contributed by atoms with Crippen LogP contribution in [-0.4, -0.2) is 11.6 Å². The Morgan fingerprint density at radius 2 is 2.00 bits per heavy atom. The summed E-state index contributed by atoms with van der Waals surface area (Å²) in [5.41, 5.74) is 0. The molecule has 0 saturated heterocycles. The van der Waals surface area contributed by atoms with Crippen molar-refractivity contribution in [2.75, 3.05) is 6.61 Å². The molecule has 3 heteroatoms. The van der Waals surface area contributed by atoms with E-state index in [1.165, 1.54) is 37.9 Å². The number of rotatable bonds is 7. The molecule has 1 aromatic heterocycles. The van der Waals surface area contributed by atoms with E-state index in [9.17, 15) is 4.39 Å². The summed E-state index contributed by atoms with van der Waals surface area (Å²) >= 11 is 0. The van der Waals surface area contributed by atoms with Gasteiger partial charge in [-0.05, 0) is 18.6 Å². The quantitative estimate of drug-likeness (QED) is 0.508. The van der Waals surface area contributed by atoms with Crippen molar-refractivity contribution in [3.63, 3.8) is 0 Å². The fourth-order valence-electron chi connectivity index (χ4n) is 1.34. The van der Waals surface area contributed by atoms with Gasteiger partial charge in [0.25, 0.3) is 0 Å². The number of pyridine rings is 1. The second-order valence-electron chi connectivity index (χ2n) is 3.58. The van der Waals surface area contributed by atoms with Gasteiger partial charge in [-0.25, -0.2) is 4.98 Å². The van der Waals surface area contributed by atoms with E-state index in [4.69, 9.17) is 4.74 Å². The van der Waals surface area contributed by atoms with E-state index in [-0.39, 0.29) is 0 Å². The first-order valence-electron chi connectivity index (χ1n) is 5.57. The van der Waals surface area contributed by atoms with Crippen molar-refractivity contribution in [3.05, 3.63) is 24.3 Å². The number of hydrogen-bond donors (Lipinski definition) is 0. The maximum absolute atomic E-state index is 12.4. The third-order valence-electron chi connectivity index (χ3n) is 2.22. The Bertz CT molecular complexity index is 261. The van der Waals surface area contributed by atoms with Crippen molar-refractivity contribution in [3.8, 4) is 5.75 Å². The molecule has 0 aromatic carbocycles. The third kappa shape index (κ3) is 5.35. The Kier molecular flexibility index (Phi) is 5.74. The average molecular weight is 211 g/mol. The molecule has 0 atom stereocenters. The molecule has 0 unspecified atom stereocenters. The zero-order chi connectivity index (χ0) is 10.9. The second kappa shape index (κ2) is 7.21. The standard InChI is InChI=1S/C12H18FNO/c1-2-3-4-5-6-9-15-11-7-8-12(13)14-10-11/h7-8,10H,2-6,9H2,1H3. The molecule has 0 amide bonds. The summed E-state index contributed by atoms with van der Waals surface area (Å²) in [7, 11) is 0. The SMILES string of the molecule is CCCCCCCOc1ccc(F)nc1. The van der Waals surface area contributed by atoms with Crippen LogP contribution in [0.3, 0.4) is 0 Å². The van der Waals surface area contributed by atoms with E-state index in [0.29, 0.717) is 12.4 Å². The molecule has 0 spiro atoms. The maximum atomic E-state index is 12.4. The number of unbranched alkanes of at least 4 members (excludes halogenated alkanes) is 4. The molecule has 1 rings (SSSR count). The molecular weight excluding hydrogens is 193 g/mol. The van der Waals surface area contributed by atoms with Crippen LogP contribution in [0.5, 0.6) is 5.75 Å². The van der Waals surface area contributed by atoms with Crippen LogP contribution in [0.4, 0.5) is 4.39 Å². The van der Waals surface area contributed by atoms with Gasteiger partial charge in [0.1, 0.15) is 5.75 Å². The van der Waals surface area contributed by atoms with Crippen LogP contribution in [0.1, 0.15) is 39.0 Å². The molecule has 0 fully saturated rings. The number of aromatic nitrogens is 1. The maximum Gasteiger partial charge on any atom is 0.213 e. The van der Waals surface area contributed by atoms with Crippen LogP contribution in [0.15, 0.2) is 18.3 Å². The molecule has 0 radical (unpaired) electrons. The molecule has 2 nitrogen and oxygen atoms in total. The van der Waals surface area contributed by atoms with Gasteiger partial charge in [0.05, 0.1) is 12.8 Å². The predicted molar refractivity (Wildman–Crippen MR) is 58.4 cm³/mol. The lowest BCUT2D eigenvalue weighted by Crippen LogP contribution is -1.97. The van der Waals surface area contributed by atoms with E-state index in [1.54, 1.807) is 6.07 Å². The lowest BCUT2D eigenvalue weighted by molar-refractivity contribution is 0.302. The molecule has 0 bridgehead atoms. The van der Waals surface area contributed by atoms with Gasteiger partial charge in [-0.3, -0.25) is 0 Å². The average Bonchev–Trinajstić information content (AvgIpc) is 2.26. The van der Waals surface area contributed by atoms with Gasteiger partial charge in [-0.15, -0.1) is 0 Å². The minimum Gasteiger partial charge on any atom is -0.492 e. The van der Waals surface area contributed by atoms with Crippen molar-refractivity contribution < 1.29 is 9.13 Å². The third-order valence-corrected chi connectivity index (χ3v) is 2.22. The van der Waals surface area contributed by atoms with E-state index in [2.05, 4.69) is 11.9 Å². The first-order valence-corrected chi connectivity index (χ1v) is 5.57. The Morgan fingerprint density at radius 1 is 1.20 bits per heavy atom. The minimum absolute atomic E-state index is 0.467. The van der Waals surface area contributed by atoms with Crippen LogP contribution in [0, 0.1) is 5.95 Å². The highest BCUT2D eigenvalue weighted by Gasteiger charge is 1.95. The number of hydrogen-bond acceptors (Lipinski definition) is 2. The fourth-order valence-corrected chi connectivity index (χ4v) is 1.34. The monoisotopic (exact) mass is 211 g/mol. The first kappa shape index (κ1) is 12.0. The summed E-state index contributed by atoms with van der Waals surface area (Å²) in [5, 5.41) is 0. The highest BCUT2D eigenvalue weighted by molar-refractivity contribution is 5.15. The Balaban J connectivity index is 2.07. The van der Waals surface area contributed by atoms with Crippen LogP contribution in [-0.2, 0) is 0 Å². The van der Waals surface area contributed by atoms with Gasteiger partial charge in [0.2, 0.25) is 5.95 Å². The van der Waals surface area contributed by atoms with Crippen LogP contribution in [0.25, 0.3) is 0 Å². The minimum atomic E-state index is -0.467. The summed E-state index contributed by atoms with van der Waals surface area (Å²) in [6.45, 7) is 2.89. The molecule has 1 heterocycles. The Labute approximate surface area is 90.5 Å². The van der Waals surface area contributed by atoms with Gasteiger partial charge in [0, 0.05) is 0 Å². The van der Waals surface area contributed by atoms with Gasteiger partial charge in [-0.1, -0.05) is 32.6 Å². The fraction of sp³-hybridized carbons (Fsp3) is 0.583. The van der Waals surface area contributed by atoms with Crippen molar-refractivity contribution in [1.29, 1.82) is 0 Å². The molecule has 0 N–H and O–H groups in total. The van der Waals surface area contributed by atoms with Crippen molar-refractivity contribution in [1.82, 2.24) is 4.98 Å². The van der Waals surface area contributed by atoms with Gasteiger partial charge in [-0.2, -0.15) is 4.39 Å². The number of nitrogens with zero attached hydrogens (tertiary/aromatic N) is 1. The summed E-state index contributed by atoms with van der Waals surface area (Å²) < 4.78 is 17.9. The molecule has 0 aliphatic rings. The Morgan fingerprint density at radius 3 is 2.67 bits per heavy atom. The van der Waals surface area contributed by atoms with Gasteiger partial charge in [0.15, 0.2) is 0 Å². The molecule has 0 aliphatic heterocycles. The predicted octanol–water partition coefficient (Wildman–Crippen LogP) is 3.57. The number of halogens is 1. The van der Waals surface area contributed by atoms with Gasteiger partial charge >= 0.3 is 0 Å². The summed E-state index contributed by atoms with van der Waals surface area (Å²) in [5.74, 6) is 0.178. The lowest BCUT2D eigenvalue weighted by atomic mass is 10.2. The van der Waals surface area contributed by atoms with Crippen LogP contribution in [0.2, 0.25) is 0 Å². The normalized spacial score (nSPS) is 10.3. The van der Waals surface area contributed by atoms with Crippen LogP contribution >= 0.6 is 0 Å². The van der Waals surface area contributed by atoms with E-state index >= 15 is 0 Å². The van der Waals surface area contributed by atoms with Crippen LogP contribution < -0.4 is 4.74 Å².